The molecule has 1 heterocycles. The molecule has 154 valence electrons. The van der Waals surface area contributed by atoms with Crippen molar-refractivity contribution in [2.24, 2.45) is 17.8 Å². The minimum absolute atomic E-state index is 0.0163. The Bertz CT molecular complexity index is 757. The fourth-order valence-electron chi connectivity index (χ4n) is 5.19. The first kappa shape index (κ1) is 20.7. The summed E-state index contributed by atoms with van der Waals surface area (Å²) in [5.41, 5.74) is -0.115. The highest BCUT2D eigenvalue weighted by molar-refractivity contribution is 5.95. The van der Waals surface area contributed by atoms with Gasteiger partial charge in [0.05, 0.1) is 11.1 Å². The molecule has 1 fully saturated rings. The Morgan fingerprint density at radius 2 is 1.64 bits per heavy atom. The number of phenols is 2. The lowest BCUT2D eigenvalue weighted by atomic mass is 9.68. The van der Waals surface area contributed by atoms with Gasteiger partial charge in [0.25, 0.3) is 0 Å². The average Bonchev–Trinajstić information content (AvgIpc) is 2.62. The standard InChI is InChI=1S/C23H32O5/c1-13(2)9-16-10-23(7-5-15(6-8-23)14(3)4)28-22-18(12-25)20(26)17(11-24)21(27)19(16)22/h11-16,26-27H,5-10H2,1-4H3/t15?,16-,23?/m1/s1. The van der Waals surface area contributed by atoms with Crippen LogP contribution in [0.1, 0.15) is 98.4 Å². The van der Waals surface area contributed by atoms with Crippen LogP contribution in [0.15, 0.2) is 0 Å². The number of ether oxygens (including phenoxy) is 1. The summed E-state index contributed by atoms with van der Waals surface area (Å²) in [4.78, 5) is 23.2. The van der Waals surface area contributed by atoms with E-state index in [-0.39, 0.29) is 34.1 Å². The van der Waals surface area contributed by atoms with Gasteiger partial charge < -0.3 is 14.9 Å². The Labute approximate surface area is 167 Å². The second-order valence-electron chi connectivity index (χ2n) is 9.40. The van der Waals surface area contributed by atoms with Gasteiger partial charge in [-0.25, -0.2) is 0 Å². The molecule has 3 rings (SSSR count). The van der Waals surface area contributed by atoms with E-state index in [2.05, 4.69) is 27.7 Å². The molecule has 28 heavy (non-hydrogen) atoms. The van der Waals surface area contributed by atoms with E-state index in [0.29, 0.717) is 35.9 Å². The summed E-state index contributed by atoms with van der Waals surface area (Å²) in [7, 11) is 0. The molecule has 0 bridgehead atoms. The molecule has 1 atom stereocenters. The van der Waals surface area contributed by atoms with E-state index in [1.807, 2.05) is 0 Å². The number of hydrogen-bond donors (Lipinski definition) is 2. The lowest BCUT2D eigenvalue weighted by molar-refractivity contribution is -0.0194. The molecule has 5 heteroatoms. The largest absolute Gasteiger partial charge is 0.507 e. The number of carbonyl (C=O) groups is 2. The van der Waals surface area contributed by atoms with Crippen LogP contribution >= 0.6 is 0 Å². The van der Waals surface area contributed by atoms with E-state index < -0.39 is 5.75 Å². The zero-order valence-corrected chi connectivity index (χ0v) is 17.3. The van der Waals surface area contributed by atoms with Gasteiger partial charge in [0.2, 0.25) is 0 Å². The van der Waals surface area contributed by atoms with Gasteiger partial charge in [-0.3, -0.25) is 9.59 Å². The van der Waals surface area contributed by atoms with Gasteiger partial charge in [0, 0.05) is 5.56 Å². The summed E-state index contributed by atoms with van der Waals surface area (Å²) in [5, 5.41) is 21.1. The molecular formula is C23H32O5. The van der Waals surface area contributed by atoms with Crippen LogP contribution in [-0.2, 0) is 0 Å². The fraction of sp³-hybridized carbons (Fsp3) is 0.652. The molecule has 0 amide bonds. The molecule has 1 aliphatic heterocycles. The minimum Gasteiger partial charge on any atom is -0.507 e. The number of aldehydes is 2. The van der Waals surface area contributed by atoms with Crippen LogP contribution in [0.3, 0.4) is 0 Å². The highest BCUT2D eigenvalue weighted by atomic mass is 16.5. The van der Waals surface area contributed by atoms with Gasteiger partial charge in [-0.15, -0.1) is 0 Å². The number of hydrogen-bond acceptors (Lipinski definition) is 5. The Hall–Kier alpha value is -2.04. The summed E-state index contributed by atoms with van der Waals surface area (Å²) in [6, 6.07) is 0. The monoisotopic (exact) mass is 388 g/mol. The normalized spacial score (nSPS) is 26.9. The van der Waals surface area contributed by atoms with Crippen molar-refractivity contribution in [2.75, 3.05) is 0 Å². The molecule has 2 aliphatic rings. The van der Waals surface area contributed by atoms with Crippen LogP contribution in [-0.4, -0.2) is 28.4 Å². The van der Waals surface area contributed by atoms with Crippen molar-refractivity contribution < 1.29 is 24.5 Å². The third kappa shape index (κ3) is 3.51. The Morgan fingerprint density at radius 1 is 1.04 bits per heavy atom. The third-order valence-corrected chi connectivity index (χ3v) is 6.73. The average molecular weight is 389 g/mol. The SMILES string of the molecule is CC(C)C[C@@H]1CC2(CCC(C(C)C)CC2)Oc2c(C=O)c(O)c(C=O)c(O)c21. The van der Waals surface area contributed by atoms with E-state index in [1.165, 1.54) is 0 Å². The summed E-state index contributed by atoms with van der Waals surface area (Å²) in [5.74, 6) is 1.21. The molecule has 0 radical (unpaired) electrons. The zero-order chi connectivity index (χ0) is 20.6. The number of rotatable bonds is 5. The summed E-state index contributed by atoms with van der Waals surface area (Å²) in [6.45, 7) is 8.75. The second-order valence-corrected chi connectivity index (χ2v) is 9.40. The maximum absolute atomic E-state index is 11.8. The minimum atomic E-state index is -0.488. The van der Waals surface area contributed by atoms with Crippen LogP contribution in [0.5, 0.6) is 17.2 Å². The predicted molar refractivity (Wildman–Crippen MR) is 108 cm³/mol. The van der Waals surface area contributed by atoms with Gasteiger partial charge in [0.1, 0.15) is 22.8 Å². The van der Waals surface area contributed by atoms with Crippen molar-refractivity contribution in [1.82, 2.24) is 0 Å². The number of benzene rings is 1. The van der Waals surface area contributed by atoms with Crippen LogP contribution in [0.25, 0.3) is 0 Å². The van der Waals surface area contributed by atoms with Crippen molar-refractivity contribution in [3.8, 4) is 17.2 Å². The maximum atomic E-state index is 11.8. The fourth-order valence-corrected chi connectivity index (χ4v) is 5.19. The highest BCUT2D eigenvalue weighted by Gasteiger charge is 2.46. The molecule has 0 saturated heterocycles. The molecule has 2 N–H and O–H groups in total. The quantitative estimate of drug-likeness (QED) is 0.676. The Morgan fingerprint density at radius 3 is 2.14 bits per heavy atom. The molecule has 1 aliphatic carbocycles. The molecule has 5 nitrogen and oxygen atoms in total. The van der Waals surface area contributed by atoms with Crippen molar-refractivity contribution in [3.63, 3.8) is 0 Å². The number of aromatic hydroxyl groups is 2. The lowest BCUT2D eigenvalue weighted by Crippen LogP contribution is -2.45. The summed E-state index contributed by atoms with van der Waals surface area (Å²) < 4.78 is 6.42. The van der Waals surface area contributed by atoms with Crippen molar-refractivity contribution in [1.29, 1.82) is 0 Å². The molecule has 1 aromatic carbocycles. The van der Waals surface area contributed by atoms with Gasteiger partial charge >= 0.3 is 0 Å². The molecule has 0 unspecified atom stereocenters. The van der Waals surface area contributed by atoms with E-state index in [4.69, 9.17) is 4.74 Å². The second kappa shape index (κ2) is 7.76. The van der Waals surface area contributed by atoms with Crippen LogP contribution in [0.4, 0.5) is 0 Å². The van der Waals surface area contributed by atoms with Gasteiger partial charge in [-0.1, -0.05) is 27.7 Å². The van der Waals surface area contributed by atoms with Gasteiger partial charge in [-0.05, 0) is 62.2 Å². The first-order chi connectivity index (χ1) is 13.2. The molecule has 1 saturated carbocycles. The first-order valence-electron chi connectivity index (χ1n) is 10.4. The zero-order valence-electron chi connectivity index (χ0n) is 17.3. The van der Waals surface area contributed by atoms with Crippen molar-refractivity contribution in [3.05, 3.63) is 16.7 Å². The van der Waals surface area contributed by atoms with Crippen molar-refractivity contribution >= 4 is 12.6 Å². The van der Waals surface area contributed by atoms with Crippen LogP contribution in [0, 0.1) is 17.8 Å². The van der Waals surface area contributed by atoms with Crippen LogP contribution in [0.2, 0.25) is 0 Å². The molecular weight excluding hydrogens is 356 g/mol. The Kier molecular flexibility index (Phi) is 5.74. The third-order valence-electron chi connectivity index (χ3n) is 6.73. The van der Waals surface area contributed by atoms with Crippen molar-refractivity contribution in [2.45, 2.75) is 77.7 Å². The smallest absolute Gasteiger partial charge is 0.157 e. The molecule has 1 spiro atoms. The maximum Gasteiger partial charge on any atom is 0.157 e. The van der Waals surface area contributed by atoms with E-state index in [9.17, 15) is 19.8 Å². The topological polar surface area (TPSA) is 83.8 Å². The number of phenolic OH excluding ortho intramolecular Hbond substituents is 2. The highest BCUT2D eigenvalue weighted by Crippen LogP contribution is 2.56. The molecule has 1 aromatic rings. The van der Waals surface area contributed by atoms with Crippen LogP contribution < -0.4 is 4.74 Å². The van der Waals surface area contributed by atoms with Gasteiger partial charge in [0.15, 0.2) is 12.6 Å². The summed E-state index contributed by atoms with van der Waals surface area (Å²) in [6.07, 6.45) is 6.47. The van der Waals surface area contributed by atoms with E-state index >= 15 is 0 Å². The van der Waals surface area contributed by atoms with Gasteiger partial charge in [-0.2, -0.15) is 0 Å². The Balaban J connectivity index is 2.10. The first-order valence-corrected chi connectivity index (χ1v) is 10.4. The number of fused-ring (bicyclic) bond motifs is 1. The van der Waals surface area contributed by atoms with E-state index in [1.54, 1.807) is 0 Å². The van der Waals surface area contributed by atoms with E-state index in [0.717, 1.165) is 38.5 Å². The molecule has 0 aromatic heterocycles. The number of carbonyl (C=O) groups excluding carboxylic acids is 2. The summed E-state index contributed by atoms with van der Waals surface area (Å²) >= 11 is 0. The lowest BCUT2D eigenvalue weighted by Gasteiger charge is -2.47. The predicted octanol–water partition coefficient (Wildman–Crippen LogP) is 5.22.